The normalized spacial score (nSPS) is 12.7. The van der Waals surface area contributed by atoms with E-state index in [9.17, 15) is 0 Å². The summed E-state index contributed by atoms with van der Waals surface area (Å²) in [6, 6.07) is 9.73. The molecule has 0 aliphatic rings. The largest absolute Gasteiger partial charge is 0.322 e. The summed E-state index contributed by atoms with van der Waals surface area (Å²) in [4.78, 5) is 9.04. The molecule has 2 N–H and O–H groups in total. The first-order chi connectivity index (χ1) is 10.2. The van der Waals surface area contributed by atoms with Gasteiger partial charge >= 0.3 is 0 Å². The smallest absolute Gasteiger partial charge is 0.0890 e. The number of aryl methyl sites for hydroxylation is 2. The monoisotopic (exact) mass is 281 g/mol. The molecule has 0 fully saturated rings. The van der Waals surface area contributed by atoms with Crippen molar-refractivity contribution < 1.29 is 0 Å². The van der Waals surface area contributed by atoms with Gasteiger partial charge in [-0.2, -0.15) is 5.10 Å². The average Bonchev–Trinajstić information content (AvgIpc) is 2.86. The van der Waals surface area contributed by atoms with Crippen LogP contribution in [-0.2, 0) is 13.0 Å². The molecular formula is C16H19N5. The van der Waals surface area contributed by atoms with E-state index in [4.69, 9.17) is 5.73 Å². The Bertz CT molecular complexity index is 762. The van der Waals surface area contributed by atoms with Crippen molar-refractivity contribution >= 4 is 11.0 Å². The van der Waals surface area contributed by atoms with Gasteiger partial charge in [0, 0.05) is 18.7 Å². The minimum Gasteiger partial charge on any atom is -0.322 e. The third-order valence-corrected chi connectivity index (χ3v) is 3.56. The van der Waals surface area contributed by atoms with Crippen molar-refractivity contribution in [1.82, 2.24) is 19.7 Å². The zero-order chi connectivity index (χ0) is 14.8. The Hall–Kier alpha value is -2.27. The molecule has 0 aliphatic heterocycles. The molecule has 1 atom stereocenters. The Balaban J connectivity index is 1.87. The minimum absolute atomic E-state index is 0.177. The number of hydrogen-bond acceptors (Lipinski definition) is 4. The van der Waals surface area contributed by atoms with Crippen molar-refractivity contribution in [3.8, 4) is 0 Å². The van der Waals surface area contributed by atoms with Crippen LogP contribution in [0.3, 0.4) is 0 Å². The number of hydrogen-bond donors (Lipinski definition) is 1. The second-order valence-electron chi connectivity index (χ2n) is 5.19. The van der Waals surface area contributed by atoms with E-state index in [0.717, 1.165) is 34.7 Å². The number of nitrogens with two attached hydrogens (primary N) is 1. The van der Waals surface area contributed by atoms with Crippen LogP contribution in [-0.4, -0.2) is 19.7 Å². The standard InChI is InChI=1S/C16H19N5/c1-3-21-12(8-11(2)20-21)9-13(17)16-10-18-14-6-4-5-7-15(14)19-16/h4-8,10,13H,3,9,17H2,1-2H3. The van der Waals surface area contributed by atoms with Gasteiger partial charge in [-0.15, -0.1) is 0 Å². The maximum Gasteiger partial charge on any atom is 0.0890 e. The van der Waals surface area contributed by atoms with E-state index in [1.165, 1.54) is 0 Å². The van der Waals surface area contributed by atoms with E-state index < -0.39 is 0 Å². The average molecular weight is 281 g/mol. The molecule has 0 bridgehead atoms. The van der Waals surface area contributed by atoms with E-state index in [-0.39, 0.29) is 6.04 Å². The molecule has 21 heavy (non-hydrogen) atoms. The lowest BCUT2D eigenvalue weighted by Crippen LogP contribution is -2.17. The number of para-hydroxylation sites is 2. The van der Waals surface area contributed by atoms with Gasteiger partial charge in [0.25, 0.3) is 0 Å². The van der Waals surface area contributed by atoms with Crippen LogP contribution in [0.2, 0.25) is 0 Å². The van der Waals surface area contributed by atoms with Gasteiger partial charge in [-0.25, -0.2) is 4.98 Å². The predicted molar refractivity (Wildman–Crippen MR) is 82.8 cm³/mol. The molecule has 0 saturated heterocycles. The zero-order valence-electron chi connectivity index (χ0n) is 12.3. The van der Waals surface area contributed by atoms with E-state index in [2.05, 4.69) is 28.1 Å². The van der Waals surface area contributed by atoms with Gasteiger partial charge < -0.3 is 5.73 Å². The van der Waals surface area contributed by atoms with Gasteiger partial charge in [-0.3, -0.25) is 9.67 Å². The highest BCUT2D eigenvalue weighted by Crippen LogP contribution is 2.17. The maximum atomic E-state index is 6.31. The van der Waals surface area contributed by atoms with Gasteiger partial charge in [-0.1, -0.05) is 12.1 Å². The fourth-order valence-corrected chi connectivity index (χ4v) is 2.52. The fourth-order valence-electron chi connectivity index (χ4n) is 2.52. The molecule has 1 unspecified atom stereocenters. The molecule has 0 saturated carbocycles. The molecule has 0 radical (unpaired) electrons. The Labute approximate surface area is 123 Å². The first-order valence-corrected chi connectivity index (χ1v) is 7.18. The predicted octanol–water partition coefficient (Wildman–Crippen LogP) is 2.40. The molecule has 3 aromatic rings. The van der Waals surface area contributed by atoms with Crippen molar-refractivity contribution in [2.45, 2.75) is 32.9 Å². The number of aromatic nitrogens is 4. The summed E-state index contributed by atoms with van der Waals surface area (Å²) >= 11 is 0. The topological polar surface area (TPSA) is 69.6 Å². The molecule has 2 heterocycles. The van der Waals surface area contributed by atoms with Crippen LogP contribution in [0.15, 0.2) is 36.5 Å². The van der Waals surface area contributed by atoms with E-state index in [0.29, 0.717) is 6.42 Å². The van der Waals surface area contributed by atoms with Crippen LogP contribution >= 0.6 is 0 Å². The lowest BCUT2D eigenvalue weighted by Gasteiger charge is -2.12. The van der Waals surface area contributed by atoms with Crippen LogP contribution < -0.4 is 5.73 Å². The molecule has 5 nitrogen and oxygen atoms in total. The summed E-state index contributed by atoms with van der Waals surface area (Å²) in [5.74, 6) is 0. The SMILES string of the molecule is CCn1nc(C)cc1CC(N)c1cnc2ccccc2n1. The fraction of sp³-hybridized carbons (Fsp3) is 0.312. The Morgan fingerprint density at radius 3 is 2.76 bits per heavy atom. The van der Waals surface area contributed by atoms with Crippen LogP contribution in [0.1, 0.15) is 30.0 Å². The highest BCUT2D eigenvalue weighted by Gasteiger charge is 2.13. The quantitative estimate of drug-likeness (QED) is 0.797. The summed E-state index contributed by atoms with van der Waals surface area (Å²) in [5.41, 5.74) is 11.0. The molecule has 5 heteroatoms. The highest BCUT2D eigenvalue weighted by atomic mass is 15.3. The van der Waals surface area contributed by atoms with Gasteiger partial charge in [0.15, 0.2) is 0 Å². The summed E-state index contributed by atoms with van der Waals surface area (Å²) in [7, 11) is 0. The summed E-state index contributed by atoms with van der Waals surface area (Å²) in [6.45, 7) is 4.92. The lowest BCUT2D eigenvalue weighted by molar-refractivity contribution is 0.582. The van der Waals surface area contributed by atoms with Gasteiger partial charge in [-0.05, 0) is 32.0 Å². The van der Waals surface area contributed by atoms with Crippen LogP contribution in [0, 0.1) is 6.92 Å². The molecule has 3 rings (SSSR count). The number of benzene rings is 1. The first-order valence-electron chi connectivity index (χ1n) is 7.18. The molecule has 0 spiro atoms. The minimum atomic E-state index is -0.177. The molecule has 108 valence electrons. The van der Waals surface area contributed by atoms with E-state index in [1.54, 1.807) is 6.20 Å². The third-order valence-electron chi connectivity index (χ3n) is 3.56. The Kier molecular flexibility index (Phi) is 3.66. The maximum absolute atomic E-state index is 6.31. The molecule has 0 amide bonds. The lowest BCUT2D eigenvalue weighted by atomic mass is 10.1. The van der Waals surface area contributed by atoms with Gasteiger partial charge in [0.1, 0.15) is 0 Å². The van der Waals surface area contributed by atoms with Crippen molar-refractivity contribution in [3.63, 3.8) is 0 Å². The van der Waals surface area contributed by atoms with Gasteiger partial charge in [0.05, 0.1) is 34.7 Å². The first kappa shape index (κ1) is 13.7. The molecule has 2 aromatic heterocycles. The molecule has 1 aromatic carbocycles. The van der Waals surface area contributed by atoms with Gasteiger partial charge in [0.2, 0.25) is 0 Å². The van der Waals surface area contributed by atoms with Crippen LogP contribution in [0.5, 0.6) is 0 Å². The second kappa shape index (κ2) is 5.61. The molecular weight excluding hydrogens is 262 g/mol. The molecule has 0 aliphatic carbocycles. The number of nitrogens with zero attached hydrogens (tertiary/aromatic N) is 4. The Morgan fingerprint density at radius 2 is 2.00 bits per heavy atom. The highest BCUT2D eigenvalue weighted by molar-refractivity contribution is 5.73. The van der Waals surface area contributed by atoms with Crippen LogP contribution in [0.25, 0.3) is 11.0 Å². The summed E-state index contributed by atoms with van der Waals surface area (Å²) < 4.78 is 1.99. The third kappa shape index (κ3) is 2.78. The van der Waals surface area contributed by atoms with Crippen molar-refractivity contribution in [1.29, 1.82) is 0 Å². The Morgan fingerprint density at radius 1 is 1.24 bits per heavy atom. The van der Waals surface area contributed by atoms with E-state index in [1.807, 2.05) is 35.9 Å². The van der Waals surface area contributed by atoms with E-state index >= 15 is 0 Å². The zero-order valence-corrected chi connectivity index (χ0v) is 12.3. The van der Waals surface area contributed by atoms with Crippen molar-refractivity contribution in [3.05, 3.63) is 53.6 Å². The number of rotatable bonds is 4. The van der Waals surface area contributed by atoms with Crippen molar-refractivity contribution in [2.24, 2.45) is 5.73 Å². The number of fused-ring (bicyclic) bond motifs is 1. The van der Waals surface area contributed by atoms with Crippen molar-refractivity contribution in [2.75, 3.05) is 0 Å². The van der Waals surface area contributed by atoms with Crippen LogP contribution in [0.4, 0.5) is 0 Å². The second-order valence-corrected chi connectivity index (χ2v) is 5.19. The summed E-state index contributed by atoms with van der Waals surface area (Å²) in [6.07, 6.45) is 2.48. The summed E-state index contributed by atoms with van der Waals surface area (Å²) in [5, 5.41) is 4.45.